The van der Waals surface area contributed by atoms with E-state index >= 15 is 0 Å². The molecule has 286 valence electrons. The zero-order chi connectivity index (χ0) is 40.7. The lowest BCUT2D eigenvalue weighted by molar-refractivity contribution is 0.661. The Morgan fingerprint density at radius 3 is 1.59 bits per heavy atom. The van der Waals surface area contributed by atoms with Crippen LogP contribution in [0.5, 0.6) is 0 Å². The average Bonchev–Trinajstić information content (AvgIpc) is 3.54. The Morgan fingerprint density at radius 1 is 0.262 bits per heavy atom. The van der Waals surface area contributed by atoms with Crippen LogP contribution in [-0.2, 0) is 5.41 Å². The van der Waals surface area contributed by atoms with E-state index in [4.69, 9.17) is 0 Å². The van der Waals surface area contributed by atoms with Gasteiger partial charge in [0.25, 0.3) is 0 Å². The number of hydrogen-bond donors (Lipinski definition) is 0. The van der Waals surface area contributed by atoms with Crippen LogP contribution in [0.15, 0.2) is 218 Å². The third-order valence-corrected chi connectivity index (χ3v) is 13.4. The summed E-state index contributed by atoms with van der Waals surface area (Å²) in [5, 5.41) is 10.1. The van der Waals surface area contributed by atoms with Crippen molar-refractivity contribution in [1.82, 2.24) is 0 Å². The lowest BCUT2D eigenvalue weighted by Crippen LogP contribution is -2.14. The molecule has 1 aliphatic carbocycles. The van der Waals surface area contributed by atoms with Crippen molar-refractivity contribution >= 4 is 43.1 Å². The first kappa shape index (κ1) is 35.4. The van der Waals surface area contributed by atoms with E-state index in [1.54, 1.807) is 0 Å². The molecule has 0 saturated carbocycles. The third-order valence-electron chi connectivity index (χ3n) is 13.4. The normalized spacial score (nSPS) is 12.9. The molecule has 1 aliphatic rings. The molecule has 0 bridgehead atoms. The predicted octanol–water partition coefficient (Wildman–Crippen LogP) is 16.9. The summed E-state index contributed by atoms with van der Waals surface area (Å²) in [5.74, 6) is 0. The highest BCUT2D eigenvalue weighted by Crippen LogP contribution is 2.52. The van der Waals surface area contributed by atoms with Gasteiger partial charge in [-0.2, -0.15) is 0 Å². The van der Waals surface area contributed by atoms with Gasteiger partial charge in [0.05, 0.1) is 0 Å². The fourth-order valence-electron chi connectivity index (χ4n) is 10.5. The van der Waals surface area contributed by atoms with Gasteiger partial charge in [0, 0.05) is 5.41 Å². The van der Waals surface area contributed by atoms with Crippen LogP contribution < -0.4 is 0 Å². The van der Waals surface area contributed by atoms with E-state index in [1.165, 1.54) is 121 Å². The highest BCUT2D eigenvalue weighted by atomic mass is 14.4. The van der Waals surface area contributed by atoms with Crippen LogP contribution in [0.2, 0.25) is 0 Å². The Morgan fingerprint density at radius 2 is 0.820 bits per heavy atom. The molecular weight excluding hydrogens is 733 g/mol. The van der Waals surface area contributed by atoms with Crippen LogP contribution in [0.1, 0.15) is 25.0 Å². The van der Waals surface area contributed by atoms with E-state index in [2.05, 4.69) is 232 Å². The monoisotopic (exact) mass is 774 g/mol. The minimum absolute atomic E-state index is 0.0485. The molecule has 0 aliphatic heterocycles. The lowest BCUT2D eigenvalue weighted by Gasteiger charge is -2.23. The molecule has 0 heteroatoms. The SMILES string of the molecule is CC1(C)c2ccccc2-c2cc3ccc(-c4ccc(-c5c6ccccc6c(-c6ccccc6-c6ccccc6)c6ccc7ccccc7c56)c(-c5ccccc5)c4)cc3cc21. The van der Waals surface area contributed by atoms with Crippen LogP contribution in [0.25, 0.3) is 110 Å². The standard InChI is InChI=1S/C61H42/c1-61(2)56-28-16-15-24-48(56)55-37-44-30-29-42(35-45(44)38-57(55)61)43-32-33-52(54(36-43)40-19-7-4-8-20-40)60-51-27-14-13-26-50(51)58(53-34-31-41-21-9-10-23-47(41)59(53)60)49-25-12-11-22-46(49)39-17-5-3-6-18-39/h3-38H,1-2H3. The Kier molecular flexibility index (Phi) is 7.99. The van der Waals surface area contributed by atoms with Gasteiger partial charge in [-0.15, -0.1) is 0 Å². The zero-order valence-electron chi connectivity index (χ0n) is 34.3. The maximum absolute atomic E-state index is 2.45. The fraction of sp³-hybridized carbons (Fsp3) is 0.0492. The second-order valence-electron chi connectivity index (χ2n) is 17.2. The van der Waals surface area contributed by atoms with Crippen molar-refractivity contribution in [1.29, 1.82) is 0 Å². The van der Waals surface area contributed by atoms with Gasteiger partial charge < -0.3 is 0 Å². The van der Waals surface area contributed by atoms with Crippen molar-refractivity contribution in [2.24, 2.45) is 0 Å². The summed E-state index contributed by atoms with van der Waals surface area (Å²) in [6.07, 6.45) is 0. The van der Waals surface area contributed by atoms with Gasteiger partial charge >= 0.3 is 0 Å². The molecule has 0 spiro atoms. The van der Waals surface area contributed by atoms with Gasteiger partial charge in [-0.25, -0.2) is 0 Å². The number of fused-ring (bicyclic) bond motifs is 8. The maximum atomic E-state index is 2.45. The summed E-state index contributed by atoms with van der Waals surface area (Å²) in [6, 6.07) is 81.3. The number of hydrogen-bond acceptors (Lipinski definition) is 0. The molecule has 0 unspecified atom stereocenters. The zero-order valence-corrected chi connectivity index (χ0v) is 34.3. The molecule has 0 aromatic heterocycles. The molecule has 12 rings (SSSR count). The van der Waals surface area contributed by atoms with Gasteiger partial charge in [-0.1, -0.05) is 208 Å². The molecule has 0 fully saturated rings. The number of benzene rings is 11. The summed E-state index contributed by atoms with van der Waals surface area (Å²) >= 11 is 0. The molecule has 0 saturated heterocycles. The summed E-state index contributed by atoms with van der Waals surface area (Å²) < 4.78 is 0. The third kappa shape index (κ3) is 5.53. The smallest absolute Gasteiger partial charge is 0.0159 e. The Balaban J connectivity index is 1.12. The van der Waals surface area contributed by atoms with E-state index in [1.807, 2.05) is 0 Å². The number of rotatable bonds is 5. The van der Waals surface area contributed by atoms with E-state index in [9.17, 15) is 0 Å². The molecule has 0 atom stereocenters. The first-order chi connectivity index (χ1) is 30.0. The molecule has 0 nitrogen and oxygen atoms in total. The predicted molar refractivity (Wildman–Crippen MR) is 261 cm³/mol. The average molecular weight is 775 g/mol. The highest BCUT2D eigenvalue weighted by Gasteiger charge is 2.35. The molecule has 0 N–H and O–H groups in total. The maximum Gasteiger partial charge on any atom is 0.0159 e. The molecular formula is C61H42. The van der Waals surface area contributed by atoms with E-state index in [0.29, 0.717) is 0 Å². The topological polar surface area (TPSA) is 0 Å². The van der Waals surface area contributed by atoms with Crippen molar-refractivity contribution < 1.29 is 0 Å². The minimum atomic E-state index is -0.0485. The largest absolute Gasteiger partial charge is 0.0622 e. The van der Waals surface area contributed by atoms with Crippen molar-refractivity contribution in [3.8, 4) is 66.8 Å². The first-order valence-corrected chi connectivity index (χ1v) is 21.4. The first-order valence-electron chi connectivity index (χ1n) is 21.4. The Hall–Kier alpha value is -7.54. The molecule has 0 radical (unpaired) electrons. The van der Waals surface area contributed by atoms with Crippen LogP contribution >= 0.6 is 0 Å². The van der Waals surface area contributed by atoms with Crippen LogP contribution in [0.4, 0.5) is 0 Å². The van der Waals surface area contributed by atoms with Crippen molar-refractivity contribution in [3.05, 3.63) is 230 Å². The van der Waals surface area contributed by atoms with Gasteiger partial charge in [0.1, 0.15) is 0 Å². The lowest BCUT2D eigenvalue weighted by atomic mass is 9.80. The second kappa shape index (κ2) is 13.8. The van der Waals surface area contributed by atoms with Gasteiger partial charge in [0.2, 0.25) is 0 Å². The van der Waals surface area contributed by atoms with Crippen molar-refractivity contribution in [2.45, 2.75) is 19.3 Å². The molecule has 61 heavy (non-hydrogen) atoms. The van der Waals surface area contributed by atoms with Crippen molar-refractivity contribution in [3.63, 3.8) is 0 Å². The molecule has 11 aromatic rings. The van der Waals surface area contributed by atoms with Crippen LogP contribution in [0.3, 0.4) is 0 Å². The van der Waals surface area contributed by atoms with Gasteiger partial charge in [0.15, 0.2) is 0 Å². The molecule has 0 amide bonds. The van der Waals surface area contributed by atoms with Crippen LogP contribution in [-0.4, -0.2) is 0 Å². The molecule has 0 heterocycles. The second-order valence-corrected chi connectivity index (χ2v) is 17.2. The van der Waals surface area contributed by atoms with Crippen molar-refractivity contribution in [2.75, 3.05) is 0 Å². The van der Waals surface area contributed by atoms with Gasteiger partial charge in [-0.3, -0.25) is 0 Å². The van der Waals surface area contributed by atoms with E-state index in [0.717, 1.165) is 0 Å². The quantitative estimate of drug-likeness (QED) is 0.121. The van der Waals surface area contributed by atoms with Crippen LogP contribution in [0, 0.1) is 0 Å². The fourth-order valence-corrected chi connectivity index (χ4v) is 10.5. The summed E-state index contributed by atoms with van der Waals surface area (Å²) in [5.41, 5.74) is 17.8. The van der Waals surface area contributed by atoms with E-state index in [-0.39, 0.29) is 5.41 Å². The van der Waals surface area contributed by atoms with E-state index < -0.39 is 0 Å². The highest BCUT2D eigenvalue weighted by molar-refractivity contribution is 6.29. The molecule has 11 aromatic carbocycles. The Labute approximate surface area is 357 Å². The summed E-state index contributed by atoms with van der Waals surface area (Å²) in [4.78, 5) is 0. The Bertz CT molecular complexity index is 3530. The summed E-state index contributed by atoms with van der Waals surface area (Å²) in [7, 11) is 0. The van der Waals surface area contributed by atoms with Gasteiger partial charge in [-0.05, 0) is 145 Å². The minimum Gasteiger partial charge on any atom is -0.0622 e. The summed E-state index contributed by atoms with van der Waals surface area (Å²) in [6.45, 7) is 4.73.